The summed E-state index contributed by atoms with van der Waals surface area (Å²) in [5.74, 6) is -1.21. The maximum atomic E-state index is 12.5. The summed E-state index contributed by atoms with van der Waals surface area (Å²) < 4.78 is 38.7. The summed E-state index contributed by atoms with van der Waals surface area (Å²) in [6, 6.07) is 0. The Hall–Kier alpha value is -1.31. The summed E-state index contributed by atoms with van der Waals surface area (Å²) in [6.45, 7) is 0. The molecule has 0 atom stereocenters. The highest BCUT2D eigenvalue weighted by Crippen LogP contribution is 2.29. The van der Waals surface area contributed by atoms with Gasteiger partial charge in [-0.15, -0.1) is 17.7 Å². The Bertz CT molecular complexity index is 620. The number of halogens is 3. The van der Waals surface area contributed by atoms with Crippen molar-refractivity contribution in [1.29, 1.82) is 0 Å². The molecule has 96 valence electrons. The van der Waals surface area contributed by atoms with Crippen molar-refractivity contribution < 1.29 is 13.2 Å². The van der Waals surface area contributed by atoms with Gasteiger partial charge < -0.3 is 0 Å². The van der Waals surface area contributed by atoms with Gasteiger partial charge in [-0.3, -0.25) is 0 Å². The molecule has 8 heteroatoms. The number of thiol groups is 1. The molecule has 0 unspecified atom stereocenters. The van der Waals surface area contributed by atoms with E-state index in [-0.39, 0.29) is 5.78 Å². The van der Waals surface area contributed by atoms with E-state index in [0.717, 1.165) is 41.5 Å². The fourth-order valence-corrected chi connectivity index (χ4v) is 2.52. The molecule has 3 rings (SSSR count). The number of fused-ring (bicyclic) bond motifs is 2. The largest absolute Gasteiger partial charge is 0.453 e. The summed E-state index contributed by atoms with van der Waals surface area (Å²) in [5, 5.41) is 3.85. The highest BCUT2D eigenvalue weighted by molar-refractivity contribution is 7.80. The summed E-state index contributed by atoms with van der Waals surface area (Å²) in [5.41, 5.74) is 1.68. The van der Waals surface area contributed by atoms with E-state index in [1.807, 2.05) is 0 Å². The number of rotatable bonds is 0. The predicted molar refractivity (Wildman–Crippen MR) is 59.7 cm³/mol. The van der Waals surface area contributed by atoms with Crippen molar-refractivity contribution in [2.75, 3.05) is 0 Å². The maximum Gasteiger partial charge on any atom is 0.453 e. The van der Waals surface area contributed by atoms with E-state index in [9.17, 15) is 13.2 Å². The van der Waals surface area contributed by atoms with Gasteiger partial charge in [-0.25, -0.2) is 4.98 Å². The maximum absolute atomic E-state index is 12.5. The molecule has 0 spiro atoms. The predicted octanol–water partition coefficient (Wildman–Crippen LogP) is 2.31. The average Bonchev–Trinajstić information content (AvgIpc) is 2.73. The molecule has 0 N–H and O–H groups in total. The molecule has 0 radical (unpaired) electrons. The standard InChI is InChI=1S/C10H9F3N4S/c11-10(12,13)8-15-9-14-6-4-2-1-3-5(6)7(18)17(9)16-8/h18H,1-4H2. The number of hydrogen-bond donors (Lipinski definition) is 1. The van der Waals surface area contributed by atoms with Gasteiger partial charge >= 0.3 is 6.18 Å². The summed E-state index contributed by atoms with van der Waals surface area (Å²) in [6.07, 6.45) is -1.04. The number of aromatic nitrogens is 4. The molecule has 2 aromatic heterocycles. The fourth-order valence-electron chi connectivity index (χ4n) is 2.14. The van der Waals surface area contributed by atoms with Gasteiger partial charge in [0.1, 0.15) is 5.03 Å². The van der Waals surface area contributed by atoms with Crippen LogP contribution in [0, 0.1) is 0 Å². The lowest BCUT2D eigenvalue weighted by Gasteiger charge is -2.16. The first-order valence-corrected chi connectivity index (χ1v) is 5.96. The lowest BCUT2D eigenvalue weighted by molar-refractivity contribution is -0.144. The van der Waals surface area contributed by atoms with Crippen LogP contribution in [0.4, 0.5) is 13.2 Å². The zero-order valence-electron chi connectivity index (χ0n) is 9.20. The van der Waals surface area contributed by atoms with Crippen molar-refractivity contribution in [2.45, 2.75) is 36.9 Å². The van der Waals surface area contributed by atoms with Gasteiger partial charge in [0.15, 0.2) is 0 Å². The second-order valence-electron chi connectivity index (χ2n) is 4.21. The molecule has 1 aliphatic rings. The topological polar surface area (TPSA) is 43.1 Å². The van der Waals surface area contributed by atoms with Crippen LogP contribution >= 0.6 is 12.6 Å². The molecular formula is C10H9F3N4S. The van der Waals surface area contributed by atoms with Crippen LogP contribution in [-0.4, -0.2) is 19.6 Å². The summed E-state index contributed by atoms with van der Waals surface area (Å²) >= 11 is 4.26. The number of hydrogen-bond acceptors (Lipinski definition) is 4. The minimum absolute atomic E-state index is 0.0343. The molecule has 1 aliphatic carbocycles. The van der Waals surface area contributed by atoms with E-state index in [4.69, 9.17) is 0 Å². The highest BCUT2D eigenvalue weighted by Gasteiger charge is 2.37. The molecule has 0 fully saturated rings. The first-order valence-electron chi connectivity index (χ1n) is 5.51. The lowest BCUT2D eigenvalue weighted by atomic mass is 9.97. The van der Waals surface area contributed by atoms with Crippen molar-refractivity contribution in [2.24, 2.45) is 0 Å². The summed E-state index contributed by atoms with van der Waals surface area (Å²) in [4.78, 5) is 7.57. The third-order valence-electron chi connectivity index (χ3n) is 2.99. The quantitative estimate of drug-likeness (QED) is 0.592. The Morgan fingerprint density at radius 2 is 1.83 bits per heavy atom. The molecule has 0 aliphatic heterocycles. The Balaban J connectivity index is 2.25. The third kappa shape index (κ3) is 1.75. The van der Waals surface area contributed by atoms with Crippen LogP contribution in [-0.2, 0) is 19.0 Å². The monoisotopic (exact) mass is 274 g/mol. The van der Waals surface area contributed by atoms with Gasteiger partial charge in [-0.05, 0) is 25.7 Å². The Morgan fingerprint density at radius 3 is 2.56 bits per heavy atom. The Labute approximate surface area is 106 Å². The van der Waals surface area contributed by atoms with Gasteiger partial charge in [0, 0.05) is 5.56 Å². The first-order chi connectivity index (χ1) is 8.47. The average molecular weight is 274 g/mol. The van der Waals surface area contributed by atoms with Crippen molar-refractivity contribution in [1.82, 2.24) is 19.6 Å². The van der Waals surface area contributed by atoms with Crippen LogP contribution in [0.25, 0.3) is 5.78 Å². The number of nitrogens with zero attached hydrogens (tertiary/aromatic N) is 4. The fraction of sp³-hybridized carbons (Fsp3) is 0.500. The molecule has 0 aromatic carbocycles. The number of aryl methyl sites for hydroxylation is 1. The minimum Gasteiger partial charge on any atom is -0.216 e. The smallest absolute Gasteiger partial charge is 0.216 e. The molecule has 0 saturated heterocycles. The zero-order valence-corrected chi connectivity index (χ0v) is 10.1. The molecular weight excluding hydrogens is 265 g/mol. The molecule has 2 aromatic rings. The van der Waals surface area contributed by atoms with Crippen molar-refractivity contribution in [3.8, 4) is 0 Å². The number of alkyl halides is 3. The van der Waals surface area contributed by atoms with E-state index >= 15 is 0 Å². The zero-order chi connectivity index (χ0) is 12.9. The van der Waals surface area contributed by atoms with Crippen molar-refractivity contribution in [3.05, 3.63) is 17.1 Å². The Morgan fingerprint density at radius 1 is 1.11 bits per heavy atom. The van der Waals surface area contributed by atoms with Crippen LogP contribution in [0.3, 0.4) is 0 Å². The van der Waals surface area contributed by atoms with Crippen LogP contribution < -0.4 is 0 Å². The Kier molecular flexibility index (Phi) is 2.51. The van der Waals surface area contributed by atoms with E-state index in [1.54, 1.807) is 0 Å². The van der Waals surface area contributed by atoms with Gasteiger partial charge in [-0.2, -0.15) is 22.7 Å². The second kappa shape index (κ2) is 3.84. The molecule has 4 nitrogen and oxygen atoms in total. The van der Waals surface area contributed by atoms with Crippen molar-refractivity contribution >= 4 is 18.4 Å². The van der Waals surface area contributed by atoms with E-state index in [0.29, 0.717) is 5.03 Å². The second-order valence-corrected chi connectivity index (χ2v) is 4.64. The summed E-state index contributed by atoms with van der Waals surface area (Å²) in [7, 11) is 0. The van der Waals surface area contributed by atoms with Crippen LogP contribution in [0.15, 0.2) is 5.03 Å². The van der Waals surface area contributed by atoms with E-state index in [1.165, 1.54) is 0 Å². The highest BCUT2D eigenvalue weighted by atomic mass is 32.1. The molecule has 2 heterocycles. The molecule has 0 saturated carbocycles. The molecule has 18 heavy (non-hydrogen) atoms. The normalized spacial score (nSPS) is 16.0. The lowest BCUT2D eigenvalue weighted by Crippen LogP contribution is -2.11. The SMILES string of the molecule is FC(F)(F)c1nc2nc3c(c(S)n2n1)CCCC3. The molecule has 0 amide bonds. The van der Waals surface area contributed by atoms with Crippen molar-refractivity contribution in [3.63, 3.8) is 0 Å². The van der Waals surface area contributed by atoms with Crippen LogP contribution in [0.1, 0.15) is 29.9 Å². The van der Waals surface area contributed by atoms with Gasteiger partial charge in [-0.1, -0.05) is 0 Å². The third-order valence-corrected chi connectivity index (χ3v) is 3.45. The van der Waals surface area contributed by atoms with E-state index < -0.39 is 12.0 Å². The van der Waals surface area contributed by atoms with Gasteiger partial charge in [0.05, 0.1) is 5.69 Å². The van der Waals surface area contributed by atoms with Crippen LogP contribution in [0.5, 0.6) is 0 Å². The van der Waals surface area contributed by atoms with Gasteiger partial charge in [0.2, 0.25) is 0 Å². The van der Waals surface area contributed by atoms with E-state index in [2.05, 4.69) is 27.7 Å². The molecule has 0 bridgehead atoms. The first kappa shape index (κ1) is 11.8. The van der Waals surface area contributed by atoms with Crippen LogP contribution in [0.2, 0.25) is 0 Å². The van der Waals surface area contributed by atoms with Gasteiger partial charge in [0.25, 0.3) is 11.6 Å². The minimum atomic E-state index is -4.56.